The minimum Gasteiger partial charge on any atom is -0.493 e. The molecule has 0 bridgehead atoms. The molecule has 2 N–H and O–H groups in total. The molecular weight excluding hydrogens is 274 g/mol. The minimum atomic E-state index is -3.48. The summed E-state index contributed by atoms with van der Waals surface area (Å²) in [5.74, 6) is 0.884. The largest absolute Gasteiger partial charge is 0.493 e. The summed E-state index contributed by atoms with van der Waals surface area (Å²) in [5, 5.41) is 5.14. The normalized spacial score (nSPS) is 13.6. The Morgan fingerprint density at radius 3 is 2.05 bits per heavy atom. The van der Waals surface area contributed by atoms with Gasteiger partial charge in [-0.15, -0.1) is 0 Å². The van der Waals surface area contributed by atoms with Crippen molar-refractivity contribution in [3.8, 4) is 5.75 Å². The molecule has 0 radical (unpaired) electrons. The summed E-state index contributed by atoms with van der Waals surface area (Å²) in [6.45, 7) is 10.4. The van der Waals surface area contributed by atoms with Crippen LogP contribution in [0.3, 0.4) is 0 Å². The molecule has 0 aliphatic carbocycles. The number of benzene rings is 1. The van der Waals surface area contributed by atoms with Crippen LogP contribution in [-0.4, -0.2) is 20.8 Å². The summed E-state index contributed by atoms with van der Waals surface area (Å²) in [7, 11) is -3.48. The third kappa shape index (κ3) is 5.13. The summed E-state index contributed by atoms with van der Waals surface area (Å²) in [6, 6.07) is 4.12. The van der Waals surface area contributed by atoms with Gasteiger partial charge in [0.2, 0.25) is 10.0 Å². The van der Waals surface area contributed by atoms with Gasteiger partial charge in [0.15, 0.2) is 0 Å². The number of hydrogen-bond acceptors (Lipinski definition) is 3. The molecule has 1 rings (SSSR count). The Balaban J connectivity index is 2.83. The quantitative estimate of drug-likeness (QED) is 0.877. The first-order chi connectivity index (χ1) is 9.10. The van der Waals surface area contributed by atoms with E-state index in [1.807, 2.05) is 34.6 Å². The third-order valence-corrected chi connectivity index (χ3v) is 4.33. The fourth-order valence-electron chi connectivity index (χ4n) is 2.32. The maximum atomic E-state index is 11.3. The molecule has 0 saturated heterocycles. The zero-order chi connectivity index (χ0) is 15.5. The van der Waals surface area contributed by atoms with Gasteiger partial charge in [0.05, 0.1) is 12.4 Å². The topological polar surface area (TPSA) is 69.4 Å². The first-order valence-corrected chi connectivity index (χ1v) is 8.53. The van der Waals surface area contributed by atoms with Crippen LogP contribution >= 0.6 is 0 Å². The van der Waals surface area contributed by atoms with Crippen LogP contribution in [-0.2, 0) is 10.0 Å². The lowest BCUT2D eigenvalue weighted by molar-refractivity contribution is 0.222. The Morgan fingerprint density at radius 1 is 1.15 bits per heavy atom. The van der Waals surface area contributed by atoms with Gasteiger partial charge in [0, 0.05) is 5.92 Å². The van der Waals surface area contributed by atoms with E-state index in [-0.39, 0.29) is 17.6 Å². The number of ether oxygens (including phenoxy) is 1. The monoisotopic (exact) mass is 299 g/mol. The van der Waals surface area contributed by atoms with Crippen LogP contribution in [0, 0.1) is 32.6 Å². The molecule has 114 valence electrons. The first-order valence-electron chi connectivity index (χ1n) is 6.81. The Labute approximate surface area is 122 Å². The molecule has 20 heavy (non-hydrogen) atoms. The molecule has 0 aromatic heterocycles. The van der Waals surface area contributed by atoms with E-state index in [1.165, 1.54) is 5.56 Å². The van der Waals surface area contributed by atoms with E-state index in [4.69, 9.17) is 9.88 Å². The van der Waals surface area contributed by atoms with Crippen molar-refractivity contribution in [2.24, 2.45) is 17.0 Å². The van der Waals surface area contributed by atoms with Gasteiger partial charge < -0.3 is 4.74 Å². The molecular formula is C15H25NO3S. The highest BCUT2D eigenvalue weighted by Gasteiger charge is 2.21. The molecule has 4 nitrogen and oxygen atoms in total. The van der Waals surface area contributed by atoms with Gasteiger partial charge in [-0.2, -0.15) is 0 Å². The fourth-order valence-corrected chi connectivity index (χ4v) is 3.39. The van der Waals surface area contributed by atoms with Crippen LogP contribution in [0.4, 0.5) is 0 Å². The SMILES string of the molecule is Cc1cc(C)c(OCC(CS(N)(=O)=O)C(C)C)c(C)c1. The molecule has 1 unspecified atom stereocenters. The molecule has 0 heterocycles. The molecule has 0 spiro atoms. The van der Waals surface area contributed by atoms with E-state index < -0.39 is 10.0 Å². The second-order valence-corrected chi connectivity index (χ2v) is 7.53. The average Bonchev–Trinajstić information content (AvgIpc) is 2.23. The van der Waals surface area contributed by atoms with Gasteiger partial charge in [-0.1, -0.05) is 31.5 Å². The summed E-state index contributed by atoms with van der Waals surface area (Å²) >= 11 is 0. The van der Waals surface area contributed by atoms with Crippen molar-refractivity contribution in [2.75, 3.05) is 12.4 Å². The molecule has 0 saturated carbocycles. The summed E-state index contributed by atoms with van der Waals surface area (Å²) in [5.41, 5.74) is 3.33. The maximum Gasteiger partial charge on any atom is 0.209 e. The Kier molecular flexibility index (Phi) is 5.59. The van der Waals surface area contributed by atoms with Gasteiger partial charge >= 0.3 is 0 Å². The van der Waals surface area contributed by atoms with Gasteiger partial charge in [0.1, 0.15) is 5.75 Å². The van der Waals surface area contributed by atoms with Crippen LogP contribution in [0.25, 0.3) is 0 Å². The van der Waals surface area contributed by atoms with Gasteiger partial charge in [-0.25, -0.2) is 13.6 Å². The van der Waals surface area contributed by atoms with Crippen molar-refractivity contribution in [3.05, 3.63) is 28.8 Å². The Morgan fingerprint density at radius 2 is 1.65 bits per heavy atom. The van der Waals surface area contributed by atoms with Crippen LogP contribution in [0.2, 0.25) is 0 Å². The van der Waals surface area contributed by atoms with Crippen molar-refractivity contribution in [1.82, 2.24) is 0 Å². The van der Waals surface area contributed by atoms with Gasteiger partial charge in [0.25, 0.3) is 0 Å². The zero-order valence-corrected chi connectivity index (χ0v) is 13.8. The second-order valence-electron chi connectivity index (χ2n) is 5.87. The lowest BCUT2D eigenvalue weighted by Gasteiger charge is -2.22. The third-order valence-electron chi connectivity index (χ3n) is 3.44. The molecule has 0 aliphatic heterocycles. The van der Waals surface area contributed by atoms with E-state index in [0.717, 1.165) is 16.9 Å². The van der Waals surface area contributed by atoms with E-state index in [0.29, 0.717) is 6.61 Å². The highest BCUT2D eigenvalue weighted by molar-refractivity contribution is 7.89. The Hall–Kier alpha value is -1.07. The van der Waals surface area contributed by atoms with Crippen molar-refractivity contribution in [1.29, 1.82) is 0 Å². The number of nitrogens with two attached hydrogens (primary N) is 1. The van der Waals surface area contributed by atoms with E-state index >= 15 is 0 Å². The molecule has 0 aliphatic rings. The average molecular weight is 299 g/mol. The molecule has 1 aromatic carbocycles. The van der Waals surface area contributed by atoms with Crippen LogP contribution in [0.5, 0.6) is 5.75 Å². The second kappa shape index (κ2) is 6.59. The lowest BCUT2D eigenvalue weighted by atomic mass is 9.99. The number of aryl methyl sites for hydroxylation is 3. The summed E-state index contributed by atoms with van der Waals surface area (Å²) in [6.07, 6.45) is 0. The van der Waals surface area contributed by atoms with Crippen LogP contribution < -0.4 is 9.88 Å². The molecule has 0 fully saturated rings. The van der Waals surface area contributed by atoms with Crippen molar-refractivity contribution in [3.63, 3.8) is 0 Å². The fraction of sp³-hybridized carbons (Fsp3) is 0.600. The predicted molar refractivity (Wildman–Crippen MR) is 82.5 cm³/mol. The highest BCUT2D eigenvalue weighted by atomic mass is 32.2. The molecule has 0 amide bonds. The van der Waals surface area contributed by atoms with Gasteiger partial charge in [-0.05, 0) is 37.8 Å². The first kappa shape index (κ1) is 17.0. The molecule has 5 heteroatoms. The maximum absolute atomic E-state index is 11.3. The minimum absolute atomic E-state index is 0.0470. The number of hydrogen-bond donors (Lipinski definition) is 1. The summed E-state index contributed by atoms with van der Waals surface area (Å²) < 4.78 is 28.4. The molecule has 1 aromatic rings. The smallest absolute Gasteiger partial charge is 0.209 e. The predicted octanol–water partition coefficient (Wildman–Crippen LogP) is 2.55. The van der Waals surface area contributed by atoms with Gasteiger partial charge in [-0.3, -0.25) is 0 Å². The van der Waals surface area contributed by atoms with E-state index in [1.54, 1.807) is 0 Å². The van der Waals surface area contributed by atoms with Crippen molar-refractivity contribution in [2.45, 2.75) is 34.6 Å². The molecule has 1 atom stereocenters. The van der Waals surface area contributed by atoms with Crippen LogP contribution in [0.15, 0.2) is 12.1 Å². The number of sulfonamides is 1. The van der Waals surface area contributed by atoms with E-state index in [2.05, 4.69) is 12.1 Å². The Bertz CT molecular complexity index is 541. The standard InChI is InChI=1S/C15H25NO3S/c1-10(2)14(9-20(16,17)18)8-19-15-12(4)6-11(3)7-13(15)5/h6-7,10,14H,8-9H2,1-5H3,(H2,16,17,18). The van der Waals surface area contributed by atoms with Crippen molar-refractivity contribution < 1.29 is 13.2 Å². The number of primary sulfonamides is 1. The van der Waals surface area contributed by atoms with Crippen molar-refractivity contribution >= 4 is 10.0 Å². The number of rotatable bonds is 6. The highest BCUT2D eigenvalue weighted by Crippen LogP contribution is 2.26. The lowest BCUT2D eigenvalue weighted by Crippen LogP contribution is -2.30. The van der Waals surface area contributed by atoms with Crippen LogP contribution in [0.1, 0.15) is 30.5 Å². The van der Waals surface area contributed by atoms with E-state index in [9.17, 15) is 8.42 Å². The zero-order valence-electron chi connectivity index (χ0n) is 12.9. The summed E-state index contributed by atoms with van der Waals surface area (Å²) in [4.78, 5) is 0.